The van der Waals surface area contributed by atoms with E-state index < -0.39 is 0 Å². The molecule has 1 heterocycles. The van der Waals surface area contributed by atoms with Crippen molar-refractivity contribution in [3.8, 4) is 0 Å². The number of furan rings is 1. The number of ketones is 1. The van der Waals surface area contributed by atoms with Crippen LogP contribution in [0.5, 0.6) is 0 Å². The Kier molecular flexibility index (Phi) is 2.36. The maximum absolute atomic E-state index is 12.1. The van der Waals surface area contributed by atoms with Gasteiger partial charge in [-0.05, 0) is 31.7 Å². The summed E-state index contributed by atoms with van der Waals surface area (Å²) in [7, 11) is 0. The van der Waals surface area contributed by atoms with Crippen molar-refractivity contribution in [1.82, 2.24) is 0 Å². The predicted octanol–water partition coefficient (Wildman–Crippen LogP) is 1.86. The van der Waals surface area contributed by atoms with Gasteiger partial charge in [0.15, 0.2) is 5.78 Å². The lowest BCUT2D eigenvalue weighted by atomic mass is 9.84. The Morgan fingerprint density at radius 1 is 1.25 bits per heavy atom. The van der Waals surface area contributed by atoms with Gasteiger partial charge in [-0.2, -0.15) is 0 Å². The summed E-state index contributed by atoms with van der Waals surface area (Å²) in [6, 6.07) is 0. The summed E-state index contributed by atoms with van der Waals surface area (Å²) in [5.74, 6) is 2.70. The maximum atomic E-state index is 12.1. The molecule has 0 saturated carbocycles. The highest BCUT2D eigenvalue weighted by Crippen LogP contribution is 2.37. The van der Waals surface area contributed by atoms with Crippen molar-refractivity contribution in [2.45, 2.75) is 38.5 Å². The van der Waals surface area contributed by atoms with Gasteiger partial charge >= 0.3 is 0 Å². The fourth-order valence-corrected chi connectivity index (χ4v) is 3.07. The fraction of sp³-hybridized carbons (Fsp3) is 0.615. The summed E-state index contributed by atoms with van der Waals surface area (Å²) in [6.07, 6.45) is 5.68. The molecule has 0 bridgehead atoms. The molecule has 16 heavy (non-hydrogen) atoms. The number of carbonyl (C=O) groups excluding carboxylic acids is 1. The number of hydrogen-bond donors (Lipinski definition) is 1. The second-order valence-corrected chi connectivity index (χ2v) is 4.93. The lowest BCUT2D eigenvalue weighted by molar-refractivity contribution is 0.0940. The van der Waals surface area contributed by atoms with E-state index in [-0.39, 0.29) is 5.78 Å². The largest absolute Gasteiger partial charge is 0.465 e. The minimum absolute atomic E-state index is 0.284. The zero-order valence-electron chi connectivity index (χ0n) is 9.42. The van der Waals surface area contributed by atoms with Crippen molar-refractivity contribution >= 4 is 5.78 Å². The topological polar surface area (TPSA) is 56.2 Å². The van der Waals surface area contributed by atoms with Gasteiger partial charge < -0.3 is 10.2 Å². The fourth-order valence-electron chi connectivity index (χ4n) is 3.07. The average Bonchev–Trinajstić information content (AvgIpc) is 2.76. The zero-order valence-corrected chi connectivity index (χ0v) is 9.42. The Bertz CT molecular complexity index is 433. The van der Waals surface area contributed by atoms with Crippen molar-refractivity contribution in [2.75, 3.05) is 6.54 Å². The van der Waals surface area contributed by atoms with E-state index >= 15 is 0 Å². The molecule has 0 amide bonds. The molecule has 2 N–H and O–H groups in total. The molecule has 0 saturated heterocycles. The van der Waals surface area contributed by atoms with Crippen molar-refractivity contribution in [3.05, 3.63) is 22.6 Å². The second-order valence-electron chi connectivity index (χ2n) is 4.93. The standard InChI is InChI=1S/C13H17NO2/c14-5-4-8-6-10(15)13-9-2-1-3-11(9)16-12(13)7-8/h8H,1-7,14H2. The van der Waals surface area contributed by atoms with Crippen molar-refractivity contribution in [2.24, 2.45) is 11.7 Å². The van der Waals surface area contributed by atoms with E-state index in [1.807, 2.05) is 0 Å². The van der Waals surface area contributed by atoms with Crippen LogP contribution in [-0.2, 0) is 19.3 Å². The first kappa shape index (κ1) is 10.1. The van der Waals surface area contributed by atoms with Crippen LogP contribution in [0.2, 0.25) is 0 Å². The number of rotatable bonds is 2. The number of nitrogens with two attached hydrogens (primary N) is 1. The van der Waals surface area contributed by atoms with Crippen molar-refractivity contribution in [1.29, 1.82) is 0 Å². The minimum atomic E-state index is 0.284. The molecule has 0 aromatic carbocycles. The normalized spacial score (nSPS) is 23.3. The van der Waals surface area contributed by atoms with Gasteiger partial charge in [0, 0.05) is 24.8 Å². The van der Waals surface area contributed by atoms with Crippen molar-refractivity contribution < 1.29 is 9.21 Å². The van der Waals surface area contributed by atoms with E-state index in [0.717, 1.165) is 49.2 Å². The summed E-state index contributed by atoms with van der Waals surface area (Å²) in [5.41, 5.74) is 7.70. The molecule has 86 valence electrons. The van der Waals surface area contributed by atoms with Gasteiger partial charge in [-0.3, -0.25) is 4.79 Å². The second kappa shape index (κ2) is 3.74. The van der Waals surface area contributed by atoms with Crippen LogP contribution in [0.25, 0.3) is 0 Å². The van der Waals surface area contributed by atoms with E-state index in [2.05, 4.69) is 0 Å². The van der Waals surface area contributed by atoms with Gasteiger partial charge in [0.25, 0.3) is 0 Å². The maximum Gasteiger partial charge on any atom is 0.166 e. The van der Waals surface area contributed by atoms with Gasteiger partial charge in [-0.25, -0.2) is 0 Å². The summed E-state index contributed by atoms with van der Waals surface area (Å²) in [4.78, 5) is 12.1. The summed E-state index contributed by atoms with van der Waals surface area (Å²) >= 11 is 0. The third-order valence-electron chi connectivity index (χ3n) is 3.80. The molecule has 0 fully saturated rings. The lowest BCUT2D eigenvalue weighted by Gasteiger charge is -2.20. The van der Waals surface area contributed by atoms with Crippen LogP contribution in [0, 0.1) is 5.92 Å². The van der Waals surface area contributed by atoms with Gasteiger partial charge in [0.05, 0.1) is 5.56 Å². The first-order valence-electron chi connectivity index (χ1n) is 6.16. The van der Waals surface area contributed by atoms with E-state index in [0.29, 0.717) is 18.9 Å². The summed E-state index contributed by atoms with van der Waals surface area (Å²) in [6.45, 7) is 0.660. The number of Topliss-reactive ketones (excluding diaryl/α,β-unsaturated/α-hetero) is 1. The molecule has 1 atom stereocenters. The molecule has 1 aromatic rings. The lowest BCUT2D eigenvalue weighted by Crippen LogP contribution is -2.22. The highest BCUT2D eigenvalue weighted by atomic mass is 16.3. The monoisotopic (exact) mass is 219 g/mol. The number of aryl methyl sites for hydroxylation is 1. The number of carbonyl (C=O) groups is 1. The van der Waals surface area contributed by atoms with Crippen LogP contribution >= 0.6 is 0 Å². The van der Waals surface area contributed by atoms with Crippen LogP contribution in [0.1, 0.15) is 46.7 Å². The van der Waals surface area contributed by atoms with Gasteiger partial charge in [-0.15, -0.1) is 0 Å². The van der Waals surface area contributed by atoms with Crippen LogP contribution in [0.15, 0.2) is 4.42 Å². The molecule has 0 radical (unpaired) electrons. The smallest absolute Gasteiger partial charge is 0.166 e. The molecule has 3 rings (SSSR count). The molecule has 2 aliphatic rings. The molecule has 1 unspecified atom stereocenters. The van der Waals surface area contributed by atoms with Gasteiger partial charge in [0.2, 0.25) is 0 Å². The Balaban J connectivity index is 1.95. The third kappa shape index (κ3) is 1.42. The quantitative estimate of drug-likeness (QED) is 0.826. The van der Waals surface area contributed by atoms with Crippen LogP contribution in [-0.4, -0.2) is 12.3 Å². The zero-order chi connectivity index (χ0) is 11.1. The average molecular weight is 219 g/mol. The first-order valence-corrected chi connectivity index (χ1v) is 6.16. The number of hydrogen-bond acceptors (Lipinski definition) is 3. The molecule has 0 aliphatic heterocycles. The van der Waals surface area contributed by atoms with E-state index in [4.69, 9.17) is 10.2 Å². The number of fused-ring (bicyclic) bond motifs is 3. The van der Waals surface area contributed by atoms with Gasteiger partial charge in [0.1, 0.15) is 11.5 Å². The van der Waals surface area contributed by atoms with E-state index in [1.165, 1.54) is 5.56 Å². The third-order valence-corrected chi connectivity index (χ3v) is 3.80. The highest BCUT2D eigenvalue weighted by Gasteiger charge is 2.33. The Labute approximate surface area is 95.0 Å². The Hall–Kier alpha value is -1.09. The highest BCUT2D eigenvalue weighted by molar-refractivity contribution is 6.00. The molecule has 2 aliphatic carbocycles. The molecule has 1 aromatic heterocycles. The van der Waals surface area contributed by atoms with E-state index in [1.54, 1.807) is 0 Å². The van der Waals surface area contributed by atoms with Crippen LogP contribution in [0.4, 0.5) is 0 Å². The Morgan fingerprint density at radius 2 is 2.12 bits per heavy atom. The van der Waals surface area contributed by atoms with Gasteiger partial charge in [-0.1, -0.05) is 0 Å². The molecule has 3 heteroatoms. The predicted molar refractivity (Wildman–Crippen MR) is 60.5 cm³/mol. The van der Waals surface area contributed by atoms with Crippen LogP contribution in [0.3, 0.4) is 0 Å². The minimum Gasteiger partial charge on any atom is -0.465 e. The molecule has 0 spiro atoms. The van der Waals surface area contributed by atoms with Crippen molar-refractivity contribution in [3.63, 3.8) is 0 Å². The summed E-state index contributed by atoms with van der Waals surface area (Å²) < 4.78 is 5.83. The summed E-state index contributed by atoms with van der Waals surface area (Å²) in [5, 5.41) is 0. The first-order chi connectivity index (χ1) is 7.79. The molecular weight excluding hydrogens is 202 g/mol. The molecular formula is C13H17NO2. The Morgan fingerprint density at radius 3 is 2.94 bits per heavy atom. The SMILES string of the molecule is NCCC1CC(=O)c2c(oc3c2CCC3)C1. The molecule has 3 nitrogen and oxygen atoms in total. The van der Waals surface area contributed by atoms with E-state index in [9.17, 15) is 4.79 Å². The van der Waals surface area contributed by atoms with Crippen LogP contribution < -0.4 is 5.73 Å².